The van der Waals surface area contributed by atoms with Gasteiger partial charge in [-0.15, -0.1) is 0 Å². The number of fused-ring (bicyclic) bond motifs is 5. The van der Waals surface area contributed by atoms with E-state index in [0.717, 1.165) is 0 Å². The lowest BCUT2D eigenvalue weighted by Gasteiger charge is -2.20. The highest BCUT2D eigenvalue weighted by atomic mass is 16.6. The summed E-state index contributed by atoms with van der Waals surface area (Å²) in [5, 5.41) is 23.6. The van der Waals surface area contributed by atoms with Crippen molar-refractivity contribution in [2.24, 2.45) is 7.05 Å². The Kier molecular flexibility index (Phi) is 7.63. The maximum Gasteiger partial charge on any atom is 0.434 e. The number of carbonyl (C=O) groups is 1. The van der Waals surface area contributed by atoms with Crippen molar-refractivity contribution in [3.8, 4) is 23.0 Å². The number of amides is 1. The predicted octanol–water partition coefficient (Wildman–Crippen LogP) is 3.34. The number of hydrogen-bond acceptors (Lipinski definition) is 11. The molecule has 0 aliphatic rings. The zero-order valence-corrected chi connectivity index (χ0v) is 24.0. The van der Waals surface area contributed by atoms with Gasteiger partial charge in [-0.2, -0.15) is 0 Å². The van der Waals surface area contributed by atoms with Crippen LogP contribution in [0.5, 0.6) is 23.0 Å². The van der Waals surface area contributed by atoms with Crippen molar-refractivity contribution in [1.82, 2.24) is 24.0 Å². The number of benzene rings is 2. The molecule has 0 aliphatic heterocycles. The SMILES string of the molecule is COc1cc2ncc3c4cc(OC)c(OC)cc4c(=O)n(CCN(C)C(=O)OCc4cnc([N+](=O)[O-])n4C)c3c2cc1O. The minimum atomic E-state index is -0.706. The molecule has 0 saturated carbocycles. The van der Waals surface area contributed by atoms with Crippen LogP contribution in [0.15, 0.2) is 41.5 Å². The van der Waals surface area contributed by atoms with E-state index in [0.29, 0.717) is 49.8 Å². The summed E-state index contributed by atoms with van der Waals surface area (Å²) in [6, 6.07) is 6.35. The van der Waals surface area contributed by atoms with Crippen LogP contribution in [0.3, 0.4) is 0 Å². The molecule has 3 heterocycles. The number of nitro groups is 1. The molecule has 0 unspecified atom stereocenters. The van der Waals surface area contributed by atoms with E-state index >= 15 is 0 Å². The fourth-order valence-corrected chi connectivity index (χ4v) is 4.91. The second-order valence-corrected chi connectivity index (χ2v) is 9.61. The van der Waals surface area contributed by atoms with Crippen LogP contribution in [0.4, 0.5) is 10.7 Å². The van der Waals surface area contributed by atoms with Gasteiger partial charge in [-0.25, -0.2) is 9.36 Å². The average Bonchev–Trinajstić information content (AvgIpc) is 3.38. The van der Waals surface area contributed by atoms with Gasteiger partial charge >= 0.3 is 12.0 Å². The minimum Gasteiger partial charge on any atom is -0.504 e. The number of hydrogen-bond donors (Lipinski definition) is 1. The molecule has 1 amide bonds. The van der Waals surface area contributed by atoms with E-state index in [2.05, 4.69) is 9.97 Å². The van der Waals surface area contributed by atoms with Gasteiger partial charge in [0, 0.05) is 48.6 Å². The molecule has 0 radical (unpaired) electrons. The average molecular weight is 593 g/mol. The van der Waals surface area contributed by atoms with Crippen molar-refractivity contribution >= 4 is 44.6 Å². The van der Waals surface area contributed by atoms with Gasteiger partial charge in [0.05, 0.1) is 44.8 Å². The molecule has 1 N–H and O–H groups in total. The van der Waals surface area contributed by atoms with Crippen LogP contribution in [0.25, 0.3) is 32.6 Å². The lowest BCUT2D eigenvalue weighted by Crippen LogP contribution is -2.33. The van der Waals surface area contributed by atoms with Crippen molar-refractivity contribution in [3.63, 3.8) is 0 Å². The van der Waals surface area contributed by atoms with Gasteiger partial charge in [-0.05, 0) is 23.1 Å². The Labute approximate surface area is 243 Å². The van der Waals surface area contributed by atoms with Crippen molar-refractivity contribution in [3.05, 3.63) is 62.8 Å². The van der Waals surface area contributed by atoms with Crippen molar-refractivity contribution in [2.75, 3.05) is 34.9 Å². The molecule has 0 saturated heterocycles. The number of ether oxygens (including phenoxy) is 4. The van der Waals surface area contributed by atoms with Gasteiger partial charge in [-0.1, -0.05) is 4.98 Å². The number of rotatable bonds is 9. The molecule has 0 atom stereocenters. The van der Waals surface area contributed by atoms with Crippen LogP contribution in [0.1, 0.15) is 5.69 Å². The number of carbonyl (C=O) groups excluding carboxylic acids is 1. The predicted molar refractivity (Wildman–Crippen MR) is 155 cm³/mol. The van der Waals surface area contributed by atoms with Crippen LogP contribution >= 0.6 is 0 Å². The Morgan fingerprint density at radius 3 is 2.28 bits per heavy atom. The van der Waals surface area contributed by atoms with E-state index in [9.17, 15) is 24.8 Å². The zero-order chi connectivity index (χ0) is 31.0. The zero-order valence-electron chi connectivity index (χ0n) is 24.0. The fourth-order valence-electron chi connectivity index (χ4n) is 4.91. The number of likely N-dealkylation sites (N-methyl/N-ethyl adjacent to an activating group) is 1. The molecule has 5 rings (SSSR count). The van der Waals surface area contributed by atoms with Gasteiger partial charge in [0.2, 0.25) is 0 Å². The van der Waals surface area contributed by atoms with Crippen LogP contribution in [0.2, 0.25) is 0 Å². The van der Waals surface area contributed by atoms with E-state index in [4.69, 9.17) is 18.9 Å². The second kappa shape index (κ2) is 11.3. The van der Waals surface area contributed by atoms with Crippen LogP contribution in [0, 0.1) is 10.1 Å². The van der Waals surface area contributed by atoms with Gasteiger partial charge in [0.15, 0.2) is 35.3 Å². The lowest BCUT2D eigenvalue weighted by atomic mass is 10.0. The number of imidazole rings is 1. The van der Waals surface area contributed by atoms with Crippen LogP contribution in [-0.2, 0) is 24.9 Å². The molecule has 3 aromatic heterocycles. The molecule has 2 aromatic carbocycles. The highest BCUT2D eigenvalue weighted by Crippen LogP contribution is 2.38. The summed E-state index contributed by atoms with van der Waals surface area (Å²) in [5.41, 5.74) is 0.934. The topological polar surface area (TPSA) is 173 Å². The van der Waals surface area contributed by atoms with Gasteiger partial charge < -0.3 is 43.6 Å². The third kappa shape index (κ3) is 5.05. The molecule has 0 spiro atoms. The summed E-state index contributed by atoms with van der Waals surface area (Å²) in [7, 11) is 7.35. The number of nitrogens with zero attached hydrogens (tertiary/aromatic N) is 6. The molecule has 224 valence electrons. The Morgan fingerprint density at radius 2 is 1.65 bits per heavy atom. The molecule has 0 aliphatic carbocycles. The number of phenolic OH excluding ortho intramolecular Hbond substituents is 1. The summed E-state index contributed by atoms with van der Waals surface area (Å²) < 4.78 is 24.2. The van der Waals surface area contributed by atoms with E-state index in [-0.39, 0.29) is 42.7 Å². The number of phenols is 1. The summed E-state index contributed by atoms with van der Waals surface area (Å²) in [6.07, 6.45) is 2.19. The maximum absolute atomic E-state index is 14.0. The largest absolute Gasteiger partial charge is 0.504 e. The van der Waals surface area contributed by atoms with Gasteiger partial charge in [0.1, 0.15) is 6.20 Å². The molecule has 15 heteroatoms. The van der Waals surface area contributed by atoms with E-state index in [1.54, 1.807) is 24.4 Å². The first-order valence-corrected chi connectivity index (χ1v) is 12.9. The number of aromatic nitrogens is 4. The molecular formula is C28H28N6O9. The third-order valence-corrected chi connectivity index (χ3v) is 7.24. The summed E-state index contributed by atoms with van der Waals surface area (Å²) >= 11 is 0. The molecule has 0 bridgehead atoms. The Balaban J connectivity index is 1.55. The highest BCUT2D eigenvalue weighted by molar-refractivity contribution is 6.15. The second-order valence-electron chi connectivity index (χ2n) is 9.61. The molecule has 0 fully saturated rings. The monoisotopic (exact) mass is 592 g/mol. The number of methoxy groups -OCH3 is 3. The van der Waals surface area contributed by atoms with Crippen molar-refractivity contribution in [2.45, 2.75) is 13.2 Å². The minimum absolute atomic E-state index is 0.0499. The smallest absolute Gasteiger partial charge is 0.434 e. The first-order chi connectivity index (χ1) is 20.6. The van der Waals surface area contributed by atoms with Gasteiger partial charge in [-0.3, -0.25) is 9.78 Å². The van der Waals surface area contributed by atoms with Crippen LogP contribution in [-0.4, -0.2) is 75.0 Å². The third-order valence-electron chi connectivity index (χ3n) is 7.24. The van der Waals surface area contributed by atoms with E-state index in [1.165, 1.54) is 61.7 Å². The fraction of sp³-hybridized carbons (Fsp3) is 0.286. The summed E-state index contributed by atoms with van der Waals surface area (Å²) in [5.74, 6) is 0.507. The summed E-state index contributed by atoms with van der Waals surface area (Å²) in [4.78, 5) is 46.8. The maximum atomic E-state index is 14.0. The Hall–Kier alpha value is -5.60. The van der Waals surface area contributed by atoms with Crippen molar-refractivity contribution in [1.29, 1.82) is 0 Å². The molecular weight excluding hydrogens is 564 g/mol. The normalized spacial score (nSPS) is 11.2. The first-order valence-electron chi connectivity index (χ1n) is 12.9. The molecule has 43 heavy (non-hydrogen) atoms. The molecule has 15 nitrogen and oxygen atoms in total. The standard InChI is InChI=1S/C28H28N6O9/c1-31(28(37)43-14-15-12-30-27(32(15)2)34(38)39)6-7-33-25-18-8-21(35)22(40-3)11-20(18)29-13-19(25)16-9-23(41-4)24(42-5)10-17(16)26(33)36/h8-13,35H,6-7,14H2,1-5H3. The number of aromatic hydroxyl groups is 1. The molecule has 5 aromatic rings. The lowest BCUT2D eigenvalue weighted by molar-refractivity contribution is -0.396. The summed E-state index contributed by atoms with van der Waals surface area (Å²) in [6.45, 7) is -0.128. The van der Waals surface area contributed by atoms with E-state index < -0.39 is 11.0 Å². The quantitative estimate of drug-likeness (QED) is 0.151. The van der Waals surface area contributed by atoms with E-state index in [1.807, 2.05) is 0 Å². The number of pyridine rings is 2. The highest BCUT2D eigenvalue weighted by Gasteiger charge is 2.22. The van der Waals surface area contributed by atoms with Crippen molar-refractivity contribution < 1.29 is 33.8 Å². The van der Waals surface area contributed by atoms with Crippen LogP contribution < -0.4 is 19.8 Å². The Bertz CT molecular complexity index is 1970. The first kappa shape index (κ1) is 28.9. The Morgan fingerprint density at radius 1 is 0.977 bits per heavy atom. The van der Waals surface area contributed by atoms with Gasteiger partial charge in [0.25, 0.3) is 5.56 Å².